The van der Waals surface area contributed by atoms with Gasteiger partial charge in [-0.25, -0.2) is 13.1 Å². The molecule has 1 rings (SSSR count). The van der Waals surface area contributed by atoms with Crippen molar-refractivity contribution >= 4 is 33.2 Å². The molecule has 9 heteroatoms. The number of sulfonamides is 1. The van der Waals surface area contributed by atoms with E-state index in [0.717, 1.165) is 0 Å². The third-order valence-corrected chi connectivity index (χ3v) is 4.44. The highest BCUT2D eigenvalue weighted by Crippen LogP contribution is 2.24. The van der Waals surface area contributed by atoms with Gasteiger partial charge in [0, 0.05) is 18.0 Å². The van der Waals surface area contributed by atoms with Crippen LogP contribution in [0.3, 0.4) is 0 Å². The van der Waals surface area contributed by atoms with Gasteiger partial charge in [0.2, 0.25) is 10.0 Å². The molecular formula is C10H12Cl2N4O2S. The zero-order valence-corrected chi connectivity index (χ0v) is 12.2. The summed E-state index contributed by atoms with van der Waals surface area (Å²) in [6.07, 6.45) is 1.20. The third kappa shape index (κ3) is 5.26. The Morgan fingerprint density at radius 2 is 2.00 bits per heavy atom. The Labute approximate surface area is 121 Å². The van der Waals surface area contributed by atoms with Crippen LogP contribution in [0.2, 0.25) is 10.0 Å². The molecule has 0 atom stereocenters. The first-order chi connectivity index (χ1) is 8.97. The molecule has 0 spiro atoms. The van der Waals surface area contributed by atoms with Crippen molar-refractivity contribution in [1.29, 1.82) is 0 Å². The summed E-state index contributed by atoms with van der Waals surface area (Å²) in [5.74, 6) is 0. The molecule has 0 aliphatic rings. The Bertz CT molecular complexity index is 585. The van der Waals surface area contributed by atoms with Crippen LogP contribution in [0.25, 0.3) is 10.4 Å². The van der Waals surface area contributed by atoms with Gasteiger partial charge in [-0.15, -0.1) is 0 Å². The molecule has 0 aliphatic carbocycles. The summed E-state index contributed by atoms with van der Waals surface area (Å²) < 4.78 is 26.2. The Hall–Kier alpha value is -0.980. The average Bonchev–Trinajstić information content (AvgIpc) is 2.36. The first kappa shape index (κ1) is 16.1. The molecule has 0 aromatic heterocycles. The quantitative estimate of drug-likeness (QED) is 0.360. The van der Waals surface area contributed by atoms with E-state index < -0.39 is 10.0 Å². The normalized spacial score (nSPS) is 11.1. The Morgan fingerprint density at radius 3 is 2.63 bits per heavy atom. The van der Waals surface area contributed by atoms with Crippen LogP contribution in [0.5, 0.6) is 0 Å². The molecule has 6 nitrogen and oxygen atoms in total. The number of rotatable bonds is 7. The second kappa shape index (κ2) is 7.57. The summed E-state index contributed by atoms with van der Waals surface area (Å²) in [7, 11) is -3.59. The molecule has 0 unspecified atom stereocenters. The maximum atomic E-state index is 11.9. The molecule has 0 fully saturated rings. The van der Waals surface area contributed by atoms with Gasteiger partial charge in [0.1, 0.15) is 0 Å². The highest BCUT2D eigenvalue weighted by molar-refractivity contribution is 7.89. The van der Waals surface area contributed by atoms with E-state index in [4.69, 9.17) is 28.7 Å². The monoisotopic (exact) mass is 322 g/mol. The molecule has 0 radical (unpaired) electrons. The molecule has 1 aromatic rings. The van der Waals surface area contributed by atoms with Crippen molar-refractivity contribution in [3.63, 3.8) is 0 Å². The van der Waals surface area contributed by atoms with Gasteiger partial charge in [0.25, 0.3) is 0 Å². The predicted octanol–water partition coefficient (Wildman–Crippen LogP) is 3.36. The first-order valence-electron chi connectivity index (χ1n) is 5.43. The molecule has 0 bridgehead atoms. The van der Waals surface area contributed by atoms with E-state index in [1.807, 2.05) is 0 Å². The number of nitrogens with one attached hydrogen (secondary N) is 1. The number of azide groups is 1. The van der Waals surface area contributed by atoms with Crippen molar-refractivity contribution in [3.8, 4) is 0 Å². The molecule has 104 valence electrons. The standard InChI is InChI=1S/C10H12Cl2N4O2S/c11-9-4-3-8(7-10(9)12)19(17,18)15-6-2-1-5-14-16-13/h3-4,7,15H,1-2,5-6H2. The van der Waals surface area contributed by atoms with E-state index in [1.54, 1.807) is 0 Å². The fraction of sp³-hybridized carbons (Fsp3) is 0.400. The van der Waals surface area contributed by atoms with Crippen LogP contribution < -0.4 is 4.72 Å². The largest absolute Gasteiger partial charge is 0.240 e. The fourth-order valence-corrected chi connectivity index (χ4v) is 2.75. The number of unbranched alkanes of at least 4 members (excludes halogenated alkanes) is 1. The summed E-state index contributed by atoms with van der Waals surface area (Å²) in [5.41, 5.74) is 8.07. The molecular weight excluding hydrogens is 311 g/mol. The van der Waals surface area contributed by atoms with Crippen molar-refractivity contribution < 1.29 is 8.42 Å². The van der Waals surface area contributed by atoms with E-state index >= 15 is 0 Å². The molecule has 1 aromatic carbocycles. The van der Waals surface area contributed by atoms with Crippen LogP contribution >= 0.6 is 23.2 Å². The summed E-state index contributed by atoms with van der Waals surface area (Å²) in [5, 5.41) is 3.85. The lowest BCUT2D eigenvalue weighted by molar-refractivity contribution is 0.577. The van der Waals surface area contributed by atoms with E-state index in [0.29, 0.717) is 24.4 Å². The van der Waals surface area contributed by atoms with E-state index in [-0.39, 0.29) is 16.5 Å². The van der Waals surface area contributed by atoms with E-state index in [1.165, 1.54) is 18.2 Å². The van der Waals surface area contributed by atoms with Crippen molar-refractivity contribution in [2.24, 2.45) is 5.11 Å². The zero-order chi connectivity index (χ0) is 14.3. The van der Waals surface area contributed by atoms with Crippen molar-refractivity contribution in [2.75, 3.05) is 13.1 Å². The smallest absolute Gasteiger partial charge is 0.211 e. The van der Waals surface area contributed by atoms with Crippen LogP contribution in [0.15, 0.2) is 28.2 Å². The maximum Gasteiger partial charge on any atom is 0.240 e. The lowest BCUT2D eigenvalue weighted by atomic mass is 10.3. The average molecular weight is 323 g/mol. The number of hydrogen-bond donors (Lipinski definition) is 1. The fourth-order valence-electron chi connectivity index (χ4n) is 1.29. The maximum absolute atomic E-state index is 11.9. The van der Waals surface area contributed by atoms with E-state index in [9.17, 15) is 8.42 Å². The molecule has 0 amide bonds. The lowest BCUT2D eigenvalue weighted by Gasteiger charge is -2.07. The van der Waals surface area contributed by atoms with Gasteiger partial charge in [0.05, 0.1) is 14.9 Å². The predicted molar refractivity (Wildman–Crippen MR) is 74.9 cm³/mol. The topological polar surface area (TPSA) is 94.9 Å². The van der Waals surface area contributed by atoms with Crippen LogP contribution in [0, 0.1) is 0 Å². The van der Waals surface area contributed by atoms with Gasteiger partial charge in [-0.2, -0.15) is 0 Å². The van der Waals surface area contributed by atoms with Crippen molar-refractivity contribution in [1.82, 2.24) is 4.72 Å². The minimum Gasteiger partial charge on any atom is -0.211 e. The summed E-state index contributed by atoms with van der Waals surface area (Å²) in [6.45, 7) is 0.620. The molecule has 0 saturated heterocycles. The van der Waals surface area contributed by atoms with Gasteiger partial charge < -0.3 is 0 Å². The van der Waals surface area contributed by atoms with Crippen LogP contribution in [-0.2, 0) is 10.0 Å². The Balaban J connectivity index is 2.56. The number of halogens is 2. The van der Waals surface area contributed by atoms with Gasteiger partial charge in [-0.05, 0) is 36.6 Å². The second-order valence-electron chi connectivity index (χ2n) is 3.64. The number of hydrogen-bond acceptors (Lipinski definition) is 3. The summed E-state index contributed by atoms with van der Waals surface area (Å²) in [4.78, 5) is 2.67. The summed E-state index contributed by atoms with van der Waals surface area (Å²) >= 11 is 11.5. The van der Waals surface area contributed by atoms with Crippen LogP contribution in [0.4, 0.5) is 0 Å². The van der Waals surface area contributed by atoms with E-state index in [2.05, 4.69) is 14.7 Å². The number of benzene rings is 1. The van der Waals surface area contributed by atoms with Crippen molar-refractivity contribution in [3.05, 3.63) is 38.7 Å². The second-order valence-corrected chi connectivity index (χ2v) is 6.22. The molecule has 0 heterocycles. The third-order valence-electron chi connectivity index (χ3n) is 2.24. The summed E-state index contributed by atoms with van der Waals surface area (Å²) in [6, 6.07) is 4.11. The minimum atomic E-state index is -3.59. The van der Waals surface area contributed by atoms with Gasteiger partial charge in [-0.3, -0.25) is 0 Å². The van der Waals surface area contributed by atoms with Gasteiger partial charge in [0.15, 0.2) is 0 Å². The number of nitrogens with zero attached hydrogens (tertiary/aromatic N) is 3. The van der Waals surface area contributed by atoms with Crippen LogP contribution in [-0.4, -0.2) is 21.5 Å². The van der Waals surface area contributed by atoms with Gasteiger partial charge >= 0.3 is 0 Å². The highest BCUT2D eigenvalue weighted by atomic mass is 35.5. The SMILES string of the molecule is [N-]=[N+]=NCCCCNS(=O)(=O)c1ccc(Cl)c(Cl)c1. The molecule has 0 saturated carbocycles. The first-order valence-corrected chi connectivity index (χ1v) is 7.67. The van der Waals surface area contributed by atoms with Crippen molar-refractivity contribution in [2.45, 2.75) is 17.7 Å². The Kier molecular flexibility index (Phi) is 6.41. The lowest BCUT2D eigenvalue weighted by Crippen LogP contribution is -2.24. The molecule has 0 aliphatic heterocycles. The molecule has 1 N–H and O–H groups in total. The minimum absolute atomic E-state index is 0.0666. The molecule has 19 heavy (non-hydrogen) atoms. The van der Waals surface area contributed by atoms with Gasteiger partial charge in [-0.1, -0.05) is 28.3 Å². The van der Waals surface area contributed by atoms with Crippen LogP contribution in [0.1, 0.15) is 12.8 Å². The highest BCUT2D eigenvalue weighted by Gasteiger charge is 2.14. The zero-order valence-electron chi connectivity index (χ0n) is 9.88. The Morgan fingerprint density at radius 1 is 1.26 bits per heavy atom.